The van der Waals surface area contributed by atoms with Gasteiger partial charge in [-0.15, -0.1) is 24.2 Å². The molecule has 2 aromatic carbocycles. The molecule has 25 heavy (non-hydrogen) atoms. The van der Waals surface area contributed by atoms with Gasteiger partial charge < -0.3 is 15.4 Å². The van der Waals surface area contributed by atoms with Gasteiger partial charge in [-0.3, -0.25) is 4.79 Å². The number of nitrogens with two attached hydrogens (primary N) is 1. The number of rotatable bonds is 9. The Morgan fingerprint density at radius 3 is 2.36 bits per heavy atom. The predicted octanol–water partition coefficient (Wildman–Crippen LogP) is 3.24. The van der Waals surface area contributed by atoms with Gasteiger partial charge in [0.2, 0.25) is 5.91 Å². The standard InChI is InChI=1S/C19H24N2O2S.ClH/c1-23-17-7-9-18(10-8-17)24-15-19(22)21(14-12-20)13-11-16-5-3-2-4-6-16;/h2-10H,11-15,20H2,1H3;1H. The zero-order valence-electron chi connectivity index (χ0n) is 14.4. The van der Waals surface area contributed by atoms with Gasteiger partial charge in [0.1, 0.15) is 5.75 Å². The summed E-state index contributed by atoms with van der Waals surface area (Å²) in [5.74, 6) is 1.36. The molecule has 6 heteroatoms. The Morgan fingerprint density at radius 1 is 1.08 bits per heavy atom. The largest absolute Gasteiger partial charge is 0.497 e. The highest BCUT2D eigenvalue weighted by Gasteiger charge is 2.13. The number of hydrogen-bond donors (Lipinski definition) is 1. The minimum Gasteiger partial charge on any atom is -0.497 e. The highest BCUT2D eigenvalue weighted by Crippen LogP contribution is 2.21. The Kier molecular flexibility index (Phi) is 10.1. The van der Waals surface area contributed by atoms with E-state index in [0.29, 0.717) is 25.4 Å². The molecule has 0 aliphatic rings. The first-order valence-corrected chi connectivity index (χ1v) is 9.00. The van der Waals surface area contributed by atoms with E-state index in [2.05, 4.69) is 12.1 Å². The summed E-state index contributed by atoms with van der Waals surface area (Å²) in [6.07, 6.45) is 0.847. The fourth-order valence-corrected chi connectivity index (χ4v) is 3.14. The molecule has 0 heterocycles. The van der Waals surface area contributed by atoms with Crippen molar-refractivity contribution < 1.29 is 9.53 Å². The van der Waals surface area contributed by atoms with Gasteiger partial charge in [0.15, 0.2) is 0 Å². The molecule has 0 bridgehead atoms. The monoisotopic (exact) mass is 380 g/mol. The Bertz CT molecular complexity index is 623. The first kappa shape index (κ1) is 21.4. The molecule has 0 atom stereocenters. The van der Waals surface area contributed by atoms with Gasteiger partial charge in [0.25, 0.3) is 0 Å². The lowest BCUT2D eigenvalue weighted by Gasteiger charge is -2.22. The first-order valence-electron chi connectivity index (χ1n) is 8.01. The van der Waals surface area contributed by atoms with Crippen molar-refractivity contribution in [1.29, 1.82) is 0 Å². The molecule has 0 aliphatic carbocycles. The van der Waals surface area contributed by atoms with Crippen molar-refractivity contribution in [2.75, 3.05) is 32.5 Å². The molecule has 2 aromatic rings. The van der Waals surface area contributed by atoms with E-state index >= 15 is 0 Å². The van der Waals surface area contributed by atoms with E-state index in [1.165, 1.54) is 17.3 Å². The Labute approximate surface area is 160 Å². The summed E-state index contributed by atoms with van der Waals surface area (Å²) in [6.45, 7) is 1.77. The van der Waals surface area contributed by atoms with Crippen molar-refractivity contribution in [3.63, 3.8) is 0 Å². The summed E-state index contributed by atoms with van der Waals surface area (Å²) in [5.41, 5.74) is 6.89. The maximum atomic E-state index is 12.5. The molecule has 0 fully saturated rings. The van der Waals surface area contributed by atoms with Crippen LogP contribution in [0.4, 0.5) is 0 Å². The van der Waals surface area contributed by atoms with Gasteiger partial charge in [-0.25, -0.2) is 0 Å². The summed E-state index contributed by atoms with van der Waals surface area (Å²) >= 11 is 1.54. The van der Waals surface area contributed by atoms with Gasteiger partial charge in [0, 0.05) is 24.5 Å². The molecule has 2 N–H and O–H groups in total. The number of carbonyl (C=O) groups is 1. The smallest absolute Gasteiger partial charge is 0.232 e. The number of thioether (sulfide) groups is 1. The average Bonchev–Trinajstić information content (AvgIpc) is 2.64. The van der Waals surface area contributed by atoms with Crippen LogP contribution in [0, 0.1) is 0 Å². The van der Waals surface area contributed by atoms with Crippen molar-refractivity contribution in [2.45, 2.75) is 11.3 Å². The molecule has 0 saturated carbocycles. The fraction of sp³-hybridized carbons (Fsp3) is 0.316. The quantitative estimate of drug-likeness (QED) is 0.678. The molecule has 2 rings (SSSR count). The highest BCUT2D eigenvalue weighted by molar-refractivity contribution is 8.00. The van der Waals surface area contributed by atoms with Gasteiger partial charge >= 0.3 is 0 Å². The second-order valence-corrected chi connectivity index (χ2v) is 6.42. The molecule has 1 amide bonds. The normalized spacial score (nSPS) is 10.0. The predicted molar refractivity (Wildman–Crippen MR) is 107 cm³/mol. The van der Waals surface area contributed by atoms with E-state index in [4.69, 9.17) is 10.5 Å². The third-order valence-corrected chi connectivity index (χ3v) is 4.68. The Hall–Kier alpha value is -1.69. The second kappa shape index (κ2) is 11.8. The molecule has 0 unspecified atom stereocenters. The zero-order valence-corrected chi connectivity index (χ0v) is 16.0. The molecule has 0 saturated heterocycles. The van der Waals surface area contributed by atoms with Crippen LogP contribution in [0.3, 0.4) is 0 Å². The molecule has 136 valence electrons. The number of ether oxygens (including phenoxy) is 1. The first-order chi connectivity index (χ1) is 11.7. The topological polar surface area (TPSA) is 55.6 Å². The molecule has 0 aliphatic heterocycles. The van der Waals surface area contributed by atoms with Crippen molar-refractivity contribution in [3.05, 3.63) is 60.2 Å². The van der Waals surface area contributed by atoms with Gasteiger partial charge in [-0.1, -0.05) is 30.3 Å². The summed E-state index contributed by atoms with van der Waals surface area (Å²) in [7, 11) is 1.64. The van der Waals surface area contributed by atoms with Crippen LogP contribution in [-0.2, 0) is 11.2 Å². The van der Waals surface area contributed by atoms with Crippen LogP contribution in [0.1, 0.15) is 5.56 Å². The van der Waals surface area contributed by atoms with Crippen molar-refractivity contribution >= 4 is 30.1 Å². The van der Waals surface area contributed by atoms with Crippen LogP contribution in [0.2, 0.25) is 0 Å². The summed E-state index contributed by atoms with van der Waals surface area (Å²) in [6, 6.07) is 17.9. The van der Waals surface area contributed by atoms with Crippen LogP contribution in [0.25, 0.3) is 0 Å². The van der Waals surface area contributed by atoms with Gasteiger partial charge in [-0.2, -0.15) is 0 Å². The Balaban J connectivity index is 0.00000312. The lowest BCUT2D eigenvalue weighted by molar-refractivity contribution is -0.128. The molecule has 0 radical (unpaired) electrons. The van der Waals surface area contributed by atoms with Crippen LogP contribution in [0.5, 0.6) is 5.75 Å². The van der Waals surface area contributed by atoms with E-state index in [9.17, 15) is 4.79 Å². The molecular weight excluding hydrogens is 356 g/mol. The maximum absolute atomic E-state index is 12.5. The molecule has 4 nitrogen and oxygen atoms in total. The number of carbonyl (C=O) groups excluding carboxylic acids is 1. The number of nitrogens with zero attached hydrogens (tertiary/aromatic N) is 1. The lowest BCUT2D eigenvalue weighted by Crippen LogP contribution is -2.38. The SMILES string of the molecule is COc1ccc(SCC(=O)N(CCN)CCc2ccccc2)cc1.Cl. The molecule has 0 aromatic heterocycles. The third kappa shape index (κ3) is 7.38. The van der Waals surface area contributed by atoms with Crippen molar-refractivity contribution in [3.8, 4) is 5.75 Å². The molecular formula is C19H25ClN2O2S. The molecule has 0 spiro atoms. The van der Waals surface area contributed by atoms with E-state index < -0.39 is 0 Å². The highest BCUT2D eigenvalue weighted by atomic mass is 35.5. The summed E-state index contributed by atoms with van der Waals surface area (Å²) in [4.78, 5) is 15.4. The number of halogens is 1. The van der Waals surface area contributed by atoms with Crippen LogP contribution < -0.4 is 10.5 Å². The van der Waals surface area contributed by atoms with Crippen LogP contribution in [-0.4, -0.2) is 43.3 Å². The number of benzene rings is 2. The van der Waals surface area contributed by atoms with Gasteiger partial charge in [0.05, 0.1) is 12.9 Å². The number of amides is 1. The van der Waals surface area contributed by atoms with Gasteiger partial charge in [-0.05, 0) is 36.2 Å². The van der Waals surface area contributed by atoms with Crippen LogP contribution in [0.15, 0.2) is 59.5 Å². The zero-order chi connectivity index (χ0) is 17.2. The van der Waals surface area contributed by atoms with E-state index in [-0.39, 0.29) is 18.3 Å². The summed E-state index contributed by atoms with van der Waals surface area (Å²) < 4.78 is 5.14. The van der Waals surface area contributed by atoms with E-state index in [1.54, 1.807) is 7.11 Å². The third-order valence-electron chi connectivity index (χ3n) is 3.69. The minimum absolute atomic E-state index is 0. The maximum Gasteiger partial charge on any atom is 0.232 e. The number of methoxy groups -OCH3 is 1. The Morgan fingerprint density at radius 2 is 1.76 bits per heavy atom. The van der Waals surface area contributed by atoms with E-state index in [1.807, 2.05) is 47.4 Å². The lowest BCUT2D eigenvalue weighted by atomic mass is 10.1. The van der Waals surface area contributed by atoms with E-state index in [0.717, 1.165) is 17.1 Å². The fourth-order valence-electron chi connectivity index (χ4n) is 2.33. The number of hydrogen-bond acceptors (Lipinski definition) is 4. The minimum atomic E-state index is 0. The second-order valence-electron chi connectivity index (χ2n) is 5.37. The average molecular weight is 381 g/mol. The summed E-state index contributed by atoms with van der Waals surface area (Å²) in [5, 5.41) is 0. The van der Waals surface area contributed by atoms with Crippen molar-refractivity contribution in [1.82, 2.24) is 4.90 Å². The van der Waals surface area contributed by atoms with Crippen molar-refractivity contribution in [2.24, 2.45) is 5.73 Å². The van der Waals surface area contributed by atoms with Crippen LogP contribution >= 0.6 is 24.2 Å².